The van der Waals surface area contributed by atoms with E-state index in [0.29, 0.717) is 0 Å². The summed E-state index contributed by atoms with van der Waals surface area (Å²) in [6, 6.07) is 4.94. The van der Waals surface area contributed by atoms with Crippen LogP contribution in [0.25, 0.3) is 0 Å². The molecule has 0 saturated heterocycles. The lowest BCUT2D eigenvalue weighted by Gasteiger charge is -2.18. The quantitative estimate of drug-likeness (QED) is 0.760. The van der Waals surface area contributed by atoms with Crippen LogP contribution in [0.1, 0.15) is 17.2 Å². The van der Waals surface area contributed by atoms with Gasteiger partial charge >= 0.3 is 0 Å². The molecule has 90 valence electrons. The molecule has 0 radical (unpaired) electrons. The van der Waals surface area contributed by atoms with Crippen LogP contribution in [-0.2, 0) is 9.59 Å². The van der Waals surface area contributed by atoms with Gasteiger partial charge in [-0.05, 0) is 12.5 Å². The average Bonchev–Trinajstić information content (AvgIpc) is 2.56. The Balaban J connectivity index is 2.43. The van der Waals surface area contributed by atoms with Gasteiger partial charge in [-0.2, -0.15) is 0 Å². The summed E-state index contributed by atoms with van der Waals surface area (Å²) in [5, 5.41) is 2.50. The molecule has 1 aliphatic rings. The minimum Gasteiger partial charge on any atom is -0.358 e. The molecule has 5 heteroatoms. The van der Waals surface area contributed by atoms with E-state index in [1.807, 2.05) is 25.1 Å². The first-order valence-electron chi connectivity index (χ1n) is 5.43. The lowest BCUT2D eigenvalue weighted by atomic mass is 10.1. The molecular weight excluding hydrogens is 218 g/mol. The first-order chi connectivity index (χ1) is 8.06. The molecule has 1 heterocycles. The van der Waals surface area contributed by atoms with E-state index in [-0.39, 0.29) is 18.4 Å². The topological polar surface area (TPSA) is 75.4 Å². The van der Waals surface area contributed by atoms with Crippen molar-refractivity contribution in [3.8, 4) is 0 Å². The Bertz CT molecular complexity index is 485. The summed E-state index contributed by atoms with van der Waals surface area (Å²) < 4.78 is 0. The predicted molar refractivity (Wildman–Crippen MR) is 64.5 cm³/mol. The van der Waals surface area contributed by atoms with Gasteiger partial charge in [0.2, 0.25) is 11.8 Å². The number of nitrogens with two attached hydrogens (primary N) is 1. The summed E-state index contributed by atoms with van der Waals surface area (Å²) >= 11 is 0. The maximum Gasteiger partial charge on any atom is 0.249 e. The van der Waals surface area contributed by atoms with Crippen LogP contribution in [-0.4, -0.2) is 25.4 Å². The number of rotatable bonds is 2. The first kappa shape index (κ1) is 11.6. The van der Waals surface area contributed by atoms with Crippen LogP contribution in [0.5, 0.6) is 0 Å². The molecule has 0 saturated carbocycles. The number of para-hydroxylation sites is 1. The van der Waals surface area contributed by atoms with Gasteiger partial charge in [-0.1, -0.05) is 18.2 Å². The normalized spacial score (nSPS) is 18.2. The number of aryl methyl sites for hydroxylation is 1. The van der Waals surface area contributed by atoms with Crippen molar-refractivity contribution in [1.82, 2.24) is 5.32 Å². The van der Waals surface area contributed by atoms with E-state index in [1.165, 1.54) is 4.90 Å². The van der Waals surface area contributed by atoms with Crippen LogP contribution in [0.2, 0.25) is 0 Å². The predicted octanol–water partition coefficient (Wildman–Crippen LogP) is 0.0874. The van der Waals surface area contributed by atoms with E-state index in [1.54, 1.807) is 7.05 Å². The summed E-state index contributed by atoms with van der Waals surface area (Å²) in [6.45, 7) is 1.92. The number of benzene rings is 1. The van der Waals surface area contributed by atoms with Crippen molar-refractivity contribution in [3.05, 3.63) is 29.3 Å². The number of anilines is 1. The number of hydrogen-bond donors (Lipinski definition) is 2. The number of nitrogens with zero attached hydrogens (tertiary/aromatic N) is 1. The molecular formula is C12H15N3O2. The van der Waals surface area contributed by atoms with Crippen molar-refractivity contribution < 1.29 is 9.59 Å². The zero-order valence-corrected chi connectivity index (χ0v) is 9.86. The molecule has 0 bridgehead atoms. The Morgan fingerprint density at radius 2 is 2.24 bits per heavy atom. The van der Waals surface area contributed by atoms with Gasteiger partial charge in [0, 0.05) is 12.6 Å². The number of carbonyl (C=O) groups is 2. The van der Waals surface area contributed by atoms with Crippen LogP contribution in [0.3, 0.4) is 0 Å². The van der Waals surface area contributed by atoms with Gasteiger partial charge in [0.05, 0.1) is 5.69 Å². The van der Waals surface area contributed by atoms with Crippen LogP contribution >= 0.6 is 0 Å². The Kier molecular flexibility index (Phi) is 2.85. The highest BCUT2D eigenvalue weighted by molar-refractivity contribution is 6.08. The van der Waals surface area contributed by atoms with Crippen molar-refractivity contribution in [2.45, 2.75) is 13.0 Å². The van der Waals surface area contributed by atoms with Gasteiger partial charge in [-0.15, -0.1) is 0 Å². The second-order valence-corrected chi connectivity index (χ2v) is 4.09. The summed E-state index contributed by atoms with van der Waals surface area (Å²) in [5.41, 5.74) is 8.36. The van der Waals surface area contributed by atoms with Crippen LogP contribution in [0.15, 0.2) is 18.2 Å². The molecule has 0 aromatic heterocycles. The van der Waals surface area contributed by atoms with Gasteiger partial charge in [0.1, 0.15) is 12.6 Å². The third-order valence-corrected chi connectivity index (χ3v) is 2.99. The minimum absolute atomic E-state index is 0.0148. The number of carbonyl (C=O) groups excluding carboxylic acids is 2. The minimum atomic E-state index is -0.658. The molecule has 0 fully saturated rings. The Morgan fingerprint density at radius 1 is 1.53 bits per heavy atom. The Hall–Kier alpha value is -1.88. The first-order valence-corrected chi connectivity index (χ1v) is 5.43. The lowest BCUT2D eigenvalue weighted by Crippen LogP contribution is -2.39. The van der Waals surface area contributed by atoms with Gasteiger partial charge in [0.15, 0.2) is 0 Å². The molecule has 5 nitrogen and oxygen atoms in total. The molecule has 1 unspecified atom stereocenters. The second kappa shape index (κ2) is 4.18. The average molecular weight is 233 g/mol. The fourth-order valence-corrected chi connectivity index (χ4v) is 2.09. The zero-order valence-electron chi connectivity index (χ0n) is 9.86. The molecule has 2 amide bonds. The fraction of sp³-hybridized carbons (Fsp3) is 0.333. The van der Waals surface area contributed by atoms with Crippen molar-refractivity contribution in [2.75, 3.05) is 18.5 Å². The largest absolute Gasteiger partial charge is 0.358 e. The van der Waals surface area contributed by atoms with Crippen LogP contribution in [0, 0.1) is 6.92 Å². The van der Waals surface area contributed by atoms with Crippen molar-refractivity contribution in [2.24, 2.45) is 5.73 Å². The molecule has 1 aromatic rings. The van der Waals surface area contributed by atoms with Crippen molar-refractivity contribution in [1.29, 1.82) is 0 Å². The molecule has 3 N–H and O–H groups in total. The number of amides is 2. The Morgan fingerprint density at radius 3 is 2.88 bits per heavy atom. The van der Waals surface area contributed by atoms with Gasteiger partial charge < -0.3 is 16.0 Å². The van der Waals surface area contributed by atoms with E-state index in [9.17, 15) is 9.59 Å². The Labute approximate surface area is 99.6 Å². The van der Waals surface area contributed by atoms with E-state index in [4.69, 9.17) is 5.73 Å². The van der Waals surface area contributed by atoms with E-state index < -0.39 is 6.04 Å². The smallest absolute Gasteiger partial charge is 0.249 e. The zero-order chi connectivity index (χ0) is 12.6. The molecule has 17 heavy (non-hydrogen) atoms. The lowest BCUT2D eigenvalue weighted by molar-refractivity contribution is -0.123. The van der Waals surface area contributed by atoms with Gasteiger partial charge in [-0.25, -0.2) is 0 Å². The third kappa shape index (κ3) is 1.78. The van der Waals surface area contributed by atoms with Gasteiger partial charge in [-0.3, -0.25) is 9.59 Å². The maximum absolute atomic E-state index is 12.0. The van der Waals surface area contributed by atoms with E-state index in [0.717, 1.165) is 16.8 Å². The summed E-state index contributed by atoms with van der Waals surface area (Å²) in [6.07, 6.45) is 0. The highest BCUT2D eigenvalue weighted by atomic mass is 16.2. The molecule has 1 aromatic carbocycles. The number of nitrogens with one attached hydrogen (secondary N) is 1. The maximum atomic E-state index is 12.0. The van der Waals surface area contributed by atoms with E-state index >= 15 is 0 Å². The molecule has 2 rings (SSSR count). The third-order valence-electron chi connectivity index (χ3n) is 2.99. The summed E-state index contributed by atoms with van der Waals surface area (Å²) in [5.74, 6) is -0.431. The monoisotopic (exact) mass is 233 g/mol. The summed E-state index contributed by atoms with van der Waals surface area (Å²) in [7, 11) is 1.54. The number of likely N-dealkylation sites (N-methyl/N-ethyl adjacent to an activating group) is 1. The fourth-order valence-electron chi connectivity index (χ4n) is 2.09. The highest BCUT2D eigenvalue weighted by Crippen LogP contribution is 2.36. The highest BCUT2D eigenvalue weighted by Gasteiger charge is 2.36. The van der Waals surface area contributed by atoms with Crippen molar-refractivity contribution in [3.63, 3.8) is 0 Å². The SMILES string of the molecule is CNC(=O)CN1C(=O)C(N)c2cccc(C)c21. The van der Waals surface area contributed by atoms with E-state index in [2.05, 4.69) is 5.32 Å². The standard InChI is InChI=1S/C12H15N3O2/c1-7-4-3-5-8-10(13)12(17)15(11(7)8)6-9(16)14-2/h3-5,10H,6,13H2,1-2H3,(H,14,16). The van der Waals surface area contributed by atoms with Crippen LogP contribution < -0.4 is 16.0 Å². The molecule has 1 aliphatic heterocycles. The molecule has 0 aliphatic carbocycles. The second-order valence-electron chi connectivity index (χ2n) is 4.09. The molecule has 1 atom stereocenters. The number of hydrogen-bond acceptors (Lipinski definition) is 3. The summed E-state index contributed by atoms with van der Waals surface area (Å²) in [4.78, 5) is 24.8. The van der Waals surface area contributed by atoms with Crippen molar-refractivity contribution >= 4 is 17.5 Å². The van der Waals surface area contributed by atoms with Gasteiger partial charge in [0.25, 0.3) is 0 Å². The number of fused-ring (bicyclic) bond motifs is 1. The van der Waals surface area contributed by atoms with Crippen LogP contribution in [0.4, 0.5) is 5.69 Å². The molecule has 0 spiro atoms.